The van der Waals surface area contributed by atoms with Gasteiger partial charge in [-0.15, -0.1) is 0 Å². The van der Waals surface area contributed by atoms with Gasteiger partial charge < -0.3 is 10.6 Å². The quantitative estimate of drug-likeness (QED) is 0.741. The minimum atomic E-state index is -0.222. The number of hydrogen-bond donors (Lipinski definition) is 2. The molecule has 0 saturated heterocycles. The Morgan fingerprint density at radius 3 is 1.67 bits per heavy atom. The first-order chi connectivity index (χ1) is 8.67. The van der Waals surface area contributed by atoms with Crippen LogP contribution in [0, 0.1) is 0 Å². The standard InChI is InChI=1S/C14H16N2O2/c1-3-13(17)15-9-11-7-5-6-8-12(11)10-16-14(18)4-2/h3-8H,1-2,9-10H2,(H,15,17)(H,16,18). The number of carbonyl (C=O) groups excluding carboxylic acids is 2. The van der Waals surface area contributed by atoms with Crippen molar-refractivity contribution in [2.45, 2.75) is 13.1 Å². The Labute approximate surface area is 106 Å². The largest absolute Gasteiger partial charge is 0.348 e. The second-order valence-electron chi connectivity index (χ2n) is 3.61. The number of benzene rings is 1. The van der Waals surface area contributed by atoms with Gasteiger partial charge in [0, 0.05) is 13.1 Å². The second-order valence-corrected chi connectivity index (χ2v) is 3.61. The van der Waals surface area contributed by atoms with Crippen molar-refractivity contribution < 1.29 is 9.59 Å². The predicted molar refractivity (Wildman–Crippen MR) is 70.5 cm³/mol. The summed E-state index contributed by atoms with van der Waals surface area (Å²) in [6.45, 7) is 7.59. The van der Waals surface area contributed by atoms with Crippen molar-refractivity contribution in [3.8, 4) is 0 Å². The Morgan fingerprint density at radius 1 is 0.944 bits per heavy atom. The van der Waals surface area contributed by atoms with E-state index in [1.165, 1.54) is 12.2 Å². The summed E-state index contributed by atoms with van der Waals surface area (Å²) in [6, 6.07) is 7.57. The Bertz CT molecular complexity index is 424. The maximum atomic E-state index is 11.1. The third-order valence-corrected chi connectivity index (χ3v) is 2.40. The van der Waals surface area contributed by atoms with Crippen LogP contribution in [0.25, 0.3) is 0 Å². The van der Waals surface area contributed by atoms with Gasteiger partial charge in [0.15, 0.2) is 0 Å². The van der Waals surface area contributed by atoms with Crippen molar-refractivity contribution in [2.24, 2.45) is 0 Å². The van der Waals surface area contributed by atoms with Gasteiger partial charge in [0.2, 0.25) is 11.8 Å². The number of nitrogens with one attached hydrogen (secondary N) is 2. The summed E-state index contributed by atoms with van der Waals surface area (Å²) in [4.78, 5) is 22.2. The molecule has 4 heteroatoms. The van der Waals surface area contributed by atoms with Gasteiger partial charge in [0.05, 0.1) is 0 Å². The molecule has 0 atom stereocenters. The molecule has 0 radical (unpaired) electrons. The second kappa shape index (κ2) is 7.06. The zero-order valence-electron chi connectivity index (χ0n) is 10.1. The molecule has 4 nitrogen and oxygen atoms in total. The van der Waals surface area contributed by atoms with Crippen LogP contribution < -0.4 is 10.6 Å². The minimum Gasteiger partial charge on any atom is -0.348 e. The lowest BCUT2D eigenvalue weighted by Gasteiger charge is -2.10. The van der Waals surface area contributed by atoms with E-state index in [0.717, 1.165) is 11.1 Å². The van der Waals surface area contributed by atoms with Crippen LogP contribution in [0.4, 0.5) is 0 Å². The van der Waals surface area contributed by atoms with E-state index in [4.69, 9.17) is 0 Å². The number of rotatable bonds is 6. The molecule has 0 aliphatic rings. The molecular formula is C14H16N2O2. The van der Waals surface area contributed by atoms with E-state index in [0.29, 0.717) is 13.1 Å². The van der Waals surface area contributed by atoms with Crippen LogP contribution >= 0.6 is 0 Å². The molecule has 0 saturated carbocycles. The highest BCUT2D eigenvalue weighted by atomic mass is 16.2. The molecule has 0 spiro atoms. The molecule has 0 heterocycles. The van der Waals surface area contributed by atoms with Gasteiger partial charge >= 0.3 is 0 Å². The molecule has 18 heavy (non-hydrogen) atoms. The van der Waals surface area contributed by atoms with Gasteiger partial charge in [-0.3, -0.25) is 9.59 Å². The van der Waals surface area contributed by atoms with E-state index < -0.39 is 0 Å². The van der Waals surface area contributed by atoms with Gasteiger partial charge in [0.25, 0.3) is 0 Å². The van der Waals surface area contributed by atoms with Crippen LogP contribution in [0.1, 0.15) is 11.1 Å². The maximum Gasteiger partial charge on any atom is 0.243 e. The normalized spacial score (nSPS) is 9.33. The van der Waals surface area contributed by atoms with Gasteiger partial charge in [-0.05, 0) is 23.3 Å². The molecule has 0 bridgehead atoms. The zero-order chi connectivity index (χ0) is 13.4. The van der Waals surface area contributed by atoms with E-state index in [9.17, 15) is 9.59 Å². The zero-order valence-corrected chi connectivity index (χ0v) is 10.1. The highest BCUT2D eigenvalue weighted by Gasteiger charge is 2.03. The fourth-order valence-electron chi connectivity index (χ4n) is 1.41. The molecule has 0 aliphatic heterocycles. The molecular weight excluding hydrogens is 228 g/mol. The molecule has 1 aromatic carbocycles. The van der Waals surface area contributed by atoms with E-state index in [1.807, 2.05) is 24.3 Å². The van der Waals surface area contributed by atoms with Crippen LogP contribution in [0.5, 0.6) is 0 Å². The first-order valence-electron chi connectivity index (χ1n) is 5.54. The average molecular weight is 244 g/mol. The van der Waals surface area contributed by atoms with Gasteiger partial charge in [-0.25, -0.2) is 0 Å². The summed E-state index contributed by atoms with van der Waals surface area (Å²) < 4.78 is 0. The maximum absolute atomic E-state index is 11.1. The molecule has 94 valence electrons. The van der Waals surface area contributed by atoms with Gasteiger partial charge in [-0.2, -0.15) is 0 Å². The first-order valence-corrected chi connectivity index (χ1v) is 5.54. The molecule has 1 aromatic rings. The molecule has 0 unspecified atom stereocenters. The van der Waals surface area contributed by atoms with Crippen molar-refractivity contribution in [3.05, 3.63) is 60.7 Å². The highest BCUT2D eigenvalue weighted by molar-refractivity contribution is 5.87. The van der Waals surface area contributed by atoms with Crippen LogP contribution in [-0.2, 0) is 22.7 Å². The van der Waals surface area contributed by atoms with Crippen molar-refractivity contribution in [1.29, 1.82) is 0 Å². The smallest absolute Gasteiger partial charge is 0.243 e. The number of carbonyl (C=O) groups is 2. The lowest BCUT2D eigenvalue weighted by atomic mass is 10.1. The Hall–Kier alpha value is -2.36. The van der Waals surface area contributed by atoms with Crippen LogP contribution in [0.3, 0.4) is 0 Å². The monoisotopic (exact) mass is 244 g/mol. The summed E-state index contributed by atoms with van der Waals surface area (Å²) in [5.74, 6) is -0.445. The van der Waals surface area contributed by atoms with E-state index >= 15 is 0 Å². The fraction of sp³-hybridized carbons (Fsp3) is 0.143. The number of amides is 2. The van der Waals surface area contributed by atoms with Crippen molar-refractivity contribution in [3.63, 3.8) is 0 Å². The number of hydrogen-bond acceptors (Lipinski definition) is 2. The summed E-state index contributed by atoms with van der Waals surface area (Å²) in [5, 5.41) is 5.40. The predicted octanol–water partition coefficient (Wildman–Crippen LogP) is 1.29. The van der Waals surface area contributed by atoms with Crippen molar-refractivity contribution >= 4 is 11.8 Å². The van der Waals surface area contributed by atoms with Gasteiger partial charge in [-0.1, -0.05) is 37.4 Å². The minimum absolute atomic E-state index is 0.222. The van der Waals surface area contributed by atoms with E-state index in [1.54, 1.807) is 0 Å². The summed E-state index contributed by atoms with van der Waals surface area (Å²) >= 11 is 0. The molecule has 2 amide bonds. The highest BCUT2D eigenvalue weighted by Crippen LogP contribution is 2.08. The fourth-order valence-corrected chi connectivity index (χ4v) is 1.41. The third kappa shape index (κ3) is 4.25. The van der Waals surface area contributed by atoms with Crippen molar-refractivity contribution in [1.82, 2.24) is 10.6 Å². The molecule has 2 N–H and O–H groups in total. The van der Waals surface area contributed by atoms with E-state index in [2.05, 4.69) is 23.8 Å². The Balaban J connectivity index is 2.66. The van der Waals surface area contributed by atoms with Gasteiger partial charge in [0.1, 0.15) is 0 Å². The average Bonchev–Trinajstić information content (AvgIpc) is 2.42. The lowest BCUT2D eigenvalue weighted by molar-refractivity contribution is -0.117. The third-order valence-electron chi connectivity index (χ3n) is 2.40. The Kier molecular flexibility index (Phi) is 5.38. The van der Waals surface area contributed by atoms with Crippen molar-refractivity contribution in [2.75, 3.05) is 0 Å². The SMILES string of the molecule is C=CC(=O)NCc1ccccc1CNC(=O)C=C. The van der Waals surface area contributed by atoms with E-state index in [-0.39, 0.29) is 11.8 Å². The topological polar surface area (TPSA) is 58.2 Å². The van der Waals surface area contributed by atoms with Crippen LogP contribution in [-0.4, -0.2) is 11.8 Å². The van der Waals surface area contributed by atoms with Crippen LogP contribution in [0.2, 0.25) is 0 Å². The lowest BCUT2D eigenvalue weighted by Crippen LogP contribution is -2.24. The summed E-state index contributed by atoms with van der Waals surface area (Å²) in [7, 11) is 0. The Morgan fingerprint density at radius 2 is 1.33 bits per heavy atom. The summed E-state index contributed by atoms with van der Waals surface area (Å²) in [5.41, 5.74) is 1.91. The molecule has 0 aromatic heterocycles. The van der Waals surface area contributed by atoms with Crippen LogP contribution in [0.15, 0.2) is 49.6 Å². The molecule has 0 fully saturated rings. The molecule has 1 rings (SSSR count). The molecule has 0 aliphatic carbocycles. The summed E-state index contributed by atoms with van der Waals surface area (Å²) in [6.07, 6.45) is 2.45. The first kappa shape index (κ1) is 13.7.